The van der Waals surface area contributed by atoms with Crippen LogP contribution in [0.25, 0.3) is 22.5 Å². The summed E-state index contributed by atoms with van der Waals surface area (Å²) in [6.07, 6.45) is 5.94. The molecule has 0 aliphatic heterocycles. The van der Waals surface area contributed by atoms with Gasteiger partial charge >= 0.3 is 0 Å². The quantitative estimate of drug-likeness (QED) is 0.787. The molecule has 1 N–H and O–H groups in total. The van der Waals surface area contributed by atoms with E-state index in [1.807, 2.05) is 12.1 Å². The first kappa shape index (κ1) is 11.3. The summed E-state index contributed by atoms with van der Waals surface area (Å²) in [6.45, 7) is 0. The highest BCUT2D eigenvalue weighted by molar-refractivity contribution is 5.69. The number of hydrogen-bond acceptors (Lipinski definition) is 3. The van der Waals surface area contributed by atoms with Crippen molar-refractivity contribution in [3.8, 4) is 22.5 Å². The summed E-state index contributed by atoms with van der Waals surface area (Å²) in [4.78, 5) is 8.78. The Kier molecular flexibility index (Phi) is 2.59. The molecule has 0 amide bonds. The fourth-order valence-corrected chi connectivity index (χ4v) is 2.40. The first-order valence-electron chi connectivity index (χ1n) is 6.82. The molecule has 0 radical (unpaired) electrons. The zero-order chi connectivity index (χ0) is 13.4. The Hall–Kier alpha value is -2.49. The summed E-state index contributed by atoms with van der Waals surface area (Å²) in [5.74, 6) is 0.646. The third kappa shape index (κ3) is 2.09. The van der Waals surface area contributed by atoms with Crippen LogP contribution < -0.4 is 0 Å². The Bertz CT molecular complexity index is 730. The number of aromatic nitrogens is 4. The zero-order valence-electron chi connectivity index (χ0n) is 11.0. The van der Waals surface area contributed by atoms with Gasteiger partial charge in [-0.2, -0.15) is 5.10 Å². The molecule has 0 unspecified atom stereocenters. The van der Waals surface area contributed by atoms with Crippen LogP contribution in [-0.4, -0.2) is 20.2 Å². The number of hydrogen-bond donors (Lipinski definition) is 1. The molecule has 0 saturated heterocycles. The van der Waals surface area contributed by atoms with Crippen LogP contribution in [-0.2, 0) is 0 Å². The number of benzene rings is 1. The SMILES string of the molecule is c1cc(-c2cc(C3CC3)ncn2)cc(-c2ccn[nH]2)c1. The van der Waals surface area contributed by atoms with E-state index in [2.05, 4.69) is 44.4 Å². The minimum absolute atomic E-state index is 0.646. The summed E-state index contributed by atoms with van der Waals surface area (Å²) in [5.41, 5.74) is 5.40. The molecule has 2 aromatic heterocycles. The van der Waals surface area contributed by atoms with Gasteiger partial charge < -0.3 is 0 Å². The van der Waals surface area contributed by atoms with Gasteiger partial charge in [-0.15, -0.1) is 0 Å². The molecule has 1 aromatic carbocycles. The van der Waals surface area contributed by atoms with E-state index >= 15 is 0 Å². The van der Waals surface area contributed by atoms with Gasteiger partial charge in [-0.1, -0.05) is 18.2 Å². The summed E-state index contributed by atoms with van der Waals surface area (Å²) in [7, 11) is 0. The summed E-state index contributed by atoms with van der Waals surface area (Å²) in [5, 5.41) is 6.98. The van der Waals surface area contributed by atoms with Crippen molar-refractivity contribution in [3.63, 3.8) is 0 Å². The van der Waals surface area contributed by atoms with Gasteiger partial charge in [-0.05, 0) is 31.0 Å². The van der Waals surface area contributed by atoms with Crippen molar-refractivity contribution in [2.75, 3.05) is 0 Å². The molecule has 4 heteroatoms. The second-order valence-corrected chi connectivity index (χ2v) is 5.15. The Morgan fingerprint density at radius 1 is 1.00 bits per heavy atom. The summed E-state index contributed by atoms with van der Waals surface area (Å²) in [6, 6.07) is 12.4. The van der Waals surface area contributed by atoms with Crippen molar-refractivity contribution in [2.24, 2.45) is 0 Å². The molecular weight excluding hydrogens is 248 g/mol. The Morgan fingerprint density at radius 3 is 2.70 bits per heavy atom. The topological polar surface area (TPSA) is 54.5 Å². The maximum Gasteiger partial charge on any atom is 0.116 e. The van der Waals surface area contributed by atoms with Crippen LogP contribution in [0.2, 0.25) is 0 Å². The fraction of sp³-hybridized carbons (Fsp3) is 0.188. The average Bonchev–Trinajstić information content (AvgIpc) is 3.22. The van der Waals surface area contributed by atoms with Crippen molar-refractivity contribution in [2.45, 2.75) is 18.8 Å². The van der Waals surface area contributed by atoms with Crippen LogP contribution >= 0.6 is 0 Å². The first-order valence-corrected chi connectivity index (χ1v) is 6.82. The van der Waals surface area contributed by atoms with Gasteiger partial charge in [0.25, 0.3) is 0 Å². The van der Waals surface area contributed by atoms with Gasteiger partial charge in [-0.25, -0.2) is 9.97 Å². The van der Waals surface area contributed by atoms with Crippen molar-refractivity contribution < 1.29 is 0 Å². The third-order valence-electron chi connectivity index (χ3n) is 3.65. The molecule has 1 aliphatic carbocycles. The molecule has 0 spiro atoms. The van der Waals surface area contributed by atoms with Gasteiger partial charge in [0.2, 0.25) is 0 Å². The average molecular weight is 262 g/mol. The monoisotopic (exact) mass is 262 g/mol. The van der Waals surface area contributed by atoms with E-state index in [0.717, 1.165) is 22.5 Å². The van der Waals surface area contributed by atoms with Gasteiger partial charge in [-0.3, -0.25) is 5.10 Å². The highest BCUT2D eigenvalue weighted by Crippen LogP contribution is 2.39. The highest BCUT2D eigenvalue weighted by Gasteiger charge is 2.25. The molecule has 0 atom stereocenters. The number of nitrogens with one attached hydrogen (secondary N) is 1. The number of aromatic amines is 1. The van der Waals surface area contributed by atoms with E-state index in [1.165, 1.54) is 18.5 Å². The smallest absolute Gasteiger partial charge is 0.116 e. The van der Waals surface area contributed by atoms with Gasteiger partial charge in [0, 0.05) is 28.9 Å². The van der Waals surface area contributed by atoms with E-state index in [0.29, 0.717) is 5.92 Å². The fourth-order valence-electron chi connectivity index (χ4n) is 2.40. The molecule has 1 aliphatic rings. The Morgan fingerprint density at radius 2 is 1.90 bits per heavy atom. The van der Waals surface area contributed by atoms with Crippen LogP contribution in [0.1, 0.15) is 24.5 Å². The zero-order valence-corrected chi connectivity index (χ0v) is 11.0. The minimum atomic E-state index is 0.646. The van der Waals surface area contributed by atoms with Gasteiger partial charge in [0.15, 0.2) is 0 Å². The van der Waals surface area contributed by atoms with Crippen LogP contribution in [0.15, 0.2) is 48.9 Å². The van der Waals surface area contributed by atoms with E-state index in [1.54, 1.807) is 12.5 Å². The number of H-pyrrole nitrogens is 1. The van der Waals surface area contributed by atoms with Crippen LogP contribution in [0.5, 0.6) is 0 Å². The second-order valence-electron chi connectivity index (χ2n) is 5.15. The predicted octanol–water partition coefficient (Wildman–Crippen LogP) is 3.41. The van der Waals surface area contributed by atoms with E-state index in [4.69, 9.17) is 0 Å². The summed E-state index contributed by atoms with van der Waals surface area (Å²) >= 11 is 0. The molecule has 4 nitrogen and oxygen atoms in total. The van der Waals surface area contributed by atoms with Gasteiger partial charge in [0.1, 0.15) is 6.33 Å². The number of rotatable bonds is 3. The van der Waals surface area contributed by atoms with Crippen molar-refractivity contribution in [3.05, 3.63) is 54.6 Å². The molecule has 98 valence electrons. The summed E-state index contributed by atoms with van der Waals surface area (Å²) < 4.78 is 0. The van der Waals surface area contributed by atoms with Gasteiger partial charge in [0.05, 0.1) is 11.4 Å². The molecule has 1 saturated carbocycles. The maximum atomic E-state index is 4.41. The van der Waals surface area contributed by atoms with Crippen molar-refractivity contribution in [1.82, 2.24) is 20.2 Å². The Labute approximate surface area is 116 Å². The van der Waals surface area contributed by atoms with Crippen LogP contribution in [0, 0.1) is 0 Å². The lowest BCUT2D eigenvalue weighted by Crippen LogP contribution is -1.91. The highest BCUT2D eigenvalue weighted by atomic mass is 15.1. The lowest BCUT2D eigenvalue weighted by molar-refractivity contribution is 0.990. The predicted molar refractivity (Wildman–Crippen MR) is 77.0 cm³/mol. The minimum Gasteiger partial charge on any atom is -0.278 e. The molecule has 20 heavy (non-hydrogen) atoms. The standard InChI is InChI=1S/C16H14N4/c1-2-12(14-6-7-19-20-14)8-13(3-1)16-9-15(11-4-5-11)17-10-18-16/h1-3,6-11H,4-5H2,(H,19,20). The third-order valence-corrected chi connectivity index (χ3v) is 3.65. The lowest BCUT2D eigenvalue weighted by atomic mass is 10.0. The van der Waals surface area contributed by atoms with E-state index in [-0.39, 0.29) is 0 Å². The number of nitrogens with zero attached hydrogens (tertiary/aromatic N) is 3. The van der Waals surface area contributed by atoms with Crippen molar-refractivity contribution in [1.29, 1.82) is 0 Å². The van der Waals surface area contributed by atoms with Crippen LogP contribution in [0.4, 0.5) is 0 Å². The molecule has 0 bridgehead atoms. The molecule has 3 aromatic rings. The van der Waals surface area contributed by atoms with E-state index < -0.39 is 0 Å². The molecule has 1 fully saturated rings. The molecular formula is C16H14N4. The van der Waals surface area contributed by atoms with E-state index in [9.17, 15) is 0 Å². The Balaban J connectivity index is 1.74. The largest absolute Gasteiger partial charge is 0.278 e. The molecule has 2 heterocycles. The van der Waals surface area contributed by atoms with Crippen LogP contribution in [0.3, 0.4) is 0 Å². The first-order chi connectivity index (χ1) is 9.90. The maximum absolute atomic E-state index is 4.41. The lowest BCUT2D eigenvalue weighted by Gasteiger charge is -2.05. The normalized spacial score (nSPS) is 14.4. The molecule has 4 rings (SSSR count). The second kappa shape index (κ2) is 4.56. The van der Waals surface area contributed by atoms with Crippen molar-refractivity contribution >= 4 is 0 Å².